The van der Waals surface area contributed by atoms with Gasteiger partial charge in [0, 0.05) is 23.9 Å². The molecule has 21 heavy (non-hydrogen) atoms. The van der Waals surface area contributed by atoms with Crippen LogP contribution in [0.5, 0.6) is 5.75 Å². The molecule has 5 nitrogen and oxygen atoms in total. The Kier molecular flexibility index (Phi) is 3.58. The second-order valence-corrected chi connectivity index (χ2v) is 4.94. The predicted octanol–water partition coefficient (Wildman–Crippen LogP) is 2.55. The molecule has 0 aliphatic carbocycles. The van der Waals surface area contributed by atoms with Gasteiger partial charge in [-0.15, -0.1) is 0 Å². The van der Waals surface area contributed by atoms with E-state index in [1.165, 1.54) is 0 Å². The van der Waals surface area contributed by atoms with Gasteiger partial charge in [0.2, 0.25) is 0 Å². The molecule has 0 amide bonds. The molecule has 3 aromatic rings. The van der Waals surface area contributed by atoms with Crippen molar-refractivity contribution in [3.05, 3.63) is 53.6 Å². The number of ether oxygens (including phenoxy) is 1. The number of rotatable bonds is 4. The third-order valence-electron chi connectivity index (χ3n) is 3.59. The van der Waals surface area contributed by atoms with Gasteiger partial charge in [0.25, 0.3) is 0 Å². The summed E-state index contributed by atoms with van der Waals surface area (Å²) in [7, 11) is 1.63. The summed E-state index contributed by atoms with van der Waals surface area (Å²) in [6.07, 6.45) is 1.35. The largest absolute Gasteiger partial charge is 0.496 e. The highest BCUT2D eigenvalue weighted by Gasteiger charge is 2.16. The molecule has 1 atom stereocenters. The Labute approximate surface area is 122 Å². The zero-order chi connectivity index (χ0) is 14.8. The SMILES string of the molecule is COc1ccnc(CC(O)c2nc3ccccc3[nH]2)c1C. The molecule has 0 bridgehead atoms. The molecule has 2 aromatic heterocycles. The molecule has 0 aliphatic rings. The van der Waals surface area contributed by atoms with Crippen molar-refractivity contribution in [1.82, 2.24) is 15.0 Å². The summed E-state index contributed by atoms with van der Waals surface area (Å²) >= 11 is 0. The average molecular weight is 283 g/mol. The topological polar surface area (TPSA) is 71.0 Å². The van der Waals surface area contributed by atoms with Crippen LogP contribution in [0.4, 0.5) is 0 Å². The van der Waals surface area contributed by atoms with Gasteiger partial charge in [0.1, 0.15) is 17.7 Å². The molecule has 5 heteroatoms. The number of fused-ring (bicyclic) bond motifs is 1. The molecule has 0 saturated carbocycles. The van der Waals surface area contributed by atoms with Crippen molar-refractivity contribution in [2.45, 2.75) is 19.4 Å². The lowest BCUT2D eigenvalue weighted by molar-refractivity contribution is 0.168. The van der Waals surface area contributed by atoms with Crippen molar-refractivity contribution in [3.63, 3.8) is 0 Å². The second-order valence-electron chi connectivity index (χ2n) is 4.94. The summed E-state index contributed by atoms with van der Waals surface area (Å²) < 4.78 is 5.28. The van der Waals surface area contributed by atoms with E-state index in [4.69, 9.17) is 4.74 Å². The molecule has 1 aromatic carbocycles. The number of hydrogen-bond donors (Lipinski definition) is 2. The number of nitrogens with one attached hydrogen (secondary N) is 1. The van der Waals surface area contributed by atoms with Crippen LogP contribution in [-0.2, 0) is 6.42 Å². The van der Waals surface area contributed by atoms with E-state index >= 15 is 0 Å². The van der Waals surface area contributed by atoms with Gasteiger partial charge in [-0.3, -0.25) is 4.98 Å². The average Bonchev–Trinajstić information content (AvgIpc) is 2.93. The first kappa shape index (κ1) is 13.6. The molecule has 0 spiro atoms. The highest BCUT2D eigenvalue weighted by Crippen LogP contribution is 2.24. The minimum atomic E-state index is -0.726. The third-order valence-corrected chi connectivity index (χ3v) is 3.59. The van der Waals surface area contributed by atoms with Crippen LogP contribution >= 0.6 is 0 Å². The number of para-hydroxylation sites is 2. The maximum absolute atomic E-state index is 10.4. The molecule has 0 aliphatic heterocycles. The number of nitrogens with zero attached hydrogens (tertiary/aromatic N) is 2. The van der Waals surface area contributed by atoms with E-state index in [0.29, 0.717) is 12.2 Å². The Balaban J connectivity index is 1.87. The number of aromatic amines is 1. The number of methoxy groups -OCH3 is 1. The number of imidazole rings is 1. The monoisotopic (exact) mass is 283 g/mol. The lowest BCUT2D eigenvalue weighted by atomic mass is 10.1. The first-order valence-electron chi connectivity index (χ1n) is 6.80. The minimum absolute atomic E-state index is 0.392. The summed E-state index contributed by atoms with van der Waals surface area (Å²) in [6, 6.07) is 9.52. The fourth-order valence-corrected chi connectivity index (χ4v) is 2.40. The Hall–Kier alpha value is -2.40. The molecule has 0 fully saturated rings. The van der Waals surface area contributed by atoms with Gasteiger partial charge < -0.3 is 14.8 Å². The number of pyridine rings is 1. The van der Waals surface area contributed by atoms with Crippen LogP contribution < -0.4 is 4.74 Å². The number of benzene rings is 1. The molecule has 108 valence electrons. The van der Waals surface area contributed by atoms with Gasteiger partial charge in [-0.05, 0) is 25.1 Å². The molecule has 0 saturated heterocycles. The summed E-state index contributed by atoms with van der Waals surface area (Å²) in [6.45, 7) is 1.94. The van der Waals surface area contributed by atoms with Gasteiger partial charge in [0.05, 0.1) is 18.1 Å². The number of aliphatic hydroxyl groups is 1. The van der Waals surface area contributed by atoms with Crippen LogP contribution in [0, 0.1) is 6.92 Å². The first-order valence-corrected chi connectivity index (χ1v) is 6.80. The van der Waals surface area contributed by atoms with Crippen molar-refractivity contribution in [3.8, 4) is 5.75 Å². The lowest BCUT2D eigenvalue weighted by Crippen LogP contribution is -2.07. The van der Waals surface area contributed by atoms with Gasteiger partial charge in [0.15, 0.2) is 0 Å². The fourth-order valence-electron chi connectivity index (χ4n) is 2.40. The summed E-state index contributed by atoms with van der Waals surface area (Å²) in [4.78, 5) is 11.9. The molecule has 3 rings (SSSR count). The van der Waals surface area contributed by atoms with E-state index in [2.05, 4.69) is 15.0 Å². The molecule has 0 radical (unpaired) electrons. The minimum Gasteiger partial charge on any atom is -0.496 e. The van der Waals surface area contributed by atoms with Crippen LogP contribution in [0.25, 0.3) is 11.0 Å². The maximum atomic E-state index is 10.4. The number of hydrogen-bond acceptors (Lipinski definition) is 4. The van der Waals surface area contributed by atoms with Gasteiger partial charge >= 0.3 is 0 Å². The molecule has 2 N–H and O–H groups in total. The lowest BCUT2D eigenvalue weighted by Gasteiger charge is -2.11. The van der Waals surface area contributed by atoms with Gasteiger partial charge in [-0.2, -0.15) is 0 Å². The normalized spacial score (nSPS) is 12.5. The van der Waals surface area contributed by atoms with E-state index < -0.39 is 6.10 Å². The highest BCUT2D eigenvalue weighted by atomic mass is 16.5. The number of H-pyrrole nitrogens is 1. The maximum Gasteiger partial charge on any atom is 0.136 e. The second kappa shape index (κ2) is 5.54. The van der Waals surface area contributed by atoms with E-state index in [9.17, 15) is 5.11 Å². The van der Waals surface area contributed by atoms with E-state index in [0.717, 1.165) is 28.0 Å². The van der Waals surface area contributed by atoms with Gasteiger partial charge in [-0.25, -0.2) is 4.98 Å². The Bertz CT molecular complexity index is 734. The summed E-state index contributed by atoms with van der Waals surface area (Å²) in [5.74, 6) is 1.33. The predicted molar refractivity (Wildman–Crippen MR) is 80.3 cm³/mol. The Morgan fingerprint density at radius 3 is 2.86 bits per heavy atom. The van der Waals surface area contributed by atoms with Gasteiger partial charge in [-0.1, -0.05) is 12.1 Å². The van der Waals surface area contributed by atoms with Crippen molar-refractivity contribution < 1.29 is 9.84 Å². The Morgan fingerprint density at radius 1 is 1.29 bits per heavy atom. The smallest absolute Gasteiger partial charge is 0.136 e. The summed E-state index contributed by atoms with van der Waals surface area (Å²) in [5.41, 5.74) is 3.52. The van der Waals surface area contributed by atoms with Crippen LogP contribution in [0.2, 0.25) is 0 Å². The third kappa shape index (κ3) is 2.60. The number of aromatic nitrogens is 3. The van der Waals surface area contributed by atoms with Crippen molar-refractivity contribution in [1.29, 1.82) is 0 Å². The van der Waals surface area contributed by atoms with Crippen LogP contribution in [0.15, 0.2) is 36.5 Å². The van der Waals surface area contributed by atoms with E-state index in [-0.39, 0.29) is 0 Å². The van der Waals surface area contributed by atoms with E-state index in [1.54, 1.807) is 13.3 Å². The summed E-state index contributed by atoms with van der Waals surface area (Å²) in [5, 5.41) is 10.4. The highest BCUT2D eigenvalue weighted by molar-refractivity contribution is 5.74. The molecular weight excluding hydrogens is 266 g/mol. The molecule has 1 unspecified atom stereocenters. The zero-order valence-corrected chi connectivity index (χ0v) is 12.0. The standard InChI is InChI=1S/C16H17N3O2/c1-10-13(17-8-7-15(10)21-2)9-14(20)16-18-11-5-3-4-6-12(11)19-16/h3-8,14,20H,9H2,1-2H3,(H,18,19). The fraction of sp³-hybridized carbons (Fsp3) is 0.250. The van der Waals surface area contributed by atoms with Crippen LogP contribution in [-0.4, -0.2) is 27.2 Å². The van der Waals surface area contributed by atoms with Crippen molar-refractivity contribution in [2.75, 3.05) is 7.11 Å². The van der Waals surface area contributed by atoms with Crippen LogP contribution in [0.1, 0.15) is 23.2 Å². The number of aliphatic hydroxyl groups excluding tert-OH is 1. The zero-order valence-electron chi connectivity index (χ0n) is 12.0. The van der Waals surface area contributed by atoms with Crippen molar-refractivity contribution >= 4 is 11.0 Å². The first-order chi connectivity index (χ1) is 10.2. The van der Waals surface area contributed by atoms with Crippen LogP contribution in [0.3, 0.4) is 0 Å². The Morgan fingerprint density at radius 2 is 2.10 bits per heavy atom. The molecular formula is C16H17N3O2. The quantitative estimate of drug-likeness (QED) is 0.772. The van der Waals surface area contributed by atoms with Crippen molar-refractivity contribution in [2.24, 2.45) is 0 Å². The molecule has 2 heterocycles. The van der Waals surface area contributed by atoms with E-state index in [1.807, 2.05) is 37.3 Å².